The summed E-state index contributed by atoms with van der Waals surface area (Å²) in [5.74, 6) is 0.842. The number of hydrogen-bond acceptors (Lipinski definition) is 6. The lowest BCUT2D eigenvalue weighted by molar-refractivity contribution is -0.167. The highest BCUT2D eigenvalue weighted by Gasteiger charge is 2.19. The number of ether oxygens (including phenoxy) is 3. The van der Waals surface area contributed by atoms with E-state index in [0.29, 0.717) is 19.3 Å². The van der Waals surface area contributed by atoms with Crippen LogP contribution in [0.15, 0.2) is 0 Å². The molecule has 0 fully saturated rings. The molecule has 0 rings (SSSR count). The Morgan fingerprint density at radius 3 is 0.817 bits per heavy atom. The minimum atomic E-state index is -0.760. The molecule has 0 aromatic heterocycles. The molecule has 0 saturated carbocycles. The van der Waals surface area contributed by atoms with Gasteiger partial charge in [0.15, 0.2) is 6.10 Å². The predicted octanol–water partition coefficient (Wildman–Crippen LogP) is 17.3. The summed E-state index contributed by atoms with van der Waals surface area (Å²) in [6.45, 7) is 11.3. The maximum absolute atomic E-state index is 12.7. The predicted molar refractivity (Wildman–Crippen MR) is 256 cm³/mol. The Bertz CT molecular complexity index is 916. The smallest absolute Gasteiger partial charge is 0.306 e. The zero-order valence-electron chi connectivity index (χ0n) is 41.1. The first-order valence-electron chi connectivity index (χ1n) is 26.7. The quantitative estimate of drug-likeness (QED) is 0.0345. The number of carbonyl (C=O) groups is 3. The molecule has 0 aliphatic carbocycles. The van der Waals surface area contributed by atoms with Gasteiger partial charge >= 0.3 is 17.9 Å². The summed E-state index contributed by atoms with van der Waals surface area (Å²) < 4.78 is 16.7. The molecule has 0 amide bonds. The van der Waals surface area contributed by atoms with Crippen molar-refractivity contribution < 1.29 is 28.6 Å². The van der Waals surface area contributed by atoms with Gasteiger partial charge in [0, 0.05) is 19.3 Å². The van der Waals surface area contributed by atoms with Crippen LogP contribution in [0.3, 0.4) is 0 Å². The lowest BCUT2D eigenvalue weighted by Gasteiger charge is -2.18. The third-order valence-electron chi connectivity index (χ3n) is 12.2. The average molecular weight is 849 g/mol. The van der Waals surface area contributed by atoms with Gasteiger partial charge in [0.05, 0.1) is 0 Å². The van der Waals surface area contributed by atoms with Gasteiger partial charge in [-0.2, -0.15) is 0 Å². The van der Waals surface area contributed by atoms with Crippen LogP contribution in [-0.2, 0) is 28.6 Å². The van der Waals surface area contributed by atoms with E-state index in [1.165, 1.54) is 180 Å². The van der Waals surface area contributed by atoms with E-state index in [4.69, 9.17) is 14.2 Å². The van der Waals surface area contributed by atoms with E-state index in [2.05, 4.69) is 34.6 Å². The normalized spacial score (nSPS) is 12.1. The van der Waals surface area contributed by atoms with Gasteiger partial charge in [-0.15, -0.1) is 0 Å². The fourth-order valence-corrected chi connectivity index (χ4v) is 8.17. The first kappa shape index (κ1) is 58.4. The van der Waals surface area contributed by atoms with E-state index < -0.39 is 6.10 Å². The van der Waals surface area contributed by atoms with Crippen molar-refractivity contribution in [1.29, 1.82) is 0 Å². The highest BCUT2D eigenvalue weighted by molar-refractivity contribution is 5.71. The molecule has 0 aliphatic rings. The number of unbranched alkanes of at least 4 members (excludes halogenated alkanes) is 33. The standard InChI is InChI=1S/C54H104O6/c1-6-7-8-32-39-44-52(55)58-47-51(48-59-53(56)45-40-35-30-26-22-18-15-11-13-17-21-25-29-34-38-43-50(4)5)60-54(57)46-41-36-31-27-23-19-14-10-9-12-16-20-24-28-33-37-42-49(2)3/h49-51H,6-48H2,1-5H3/t51-/m0/s1. The van der Waals surface area contributed by atoms with Crippen molar-refractivity contribution in [1.82, 2.24) is 0 Å². The molecule has 0 saturated heterocycles. The van der Waals surface area contributed by atoms with Crippen molar-refractivity contribution in [3.05, 3.63) is 0 Å². The largest absolute Gasteiger partial charge is 0.462 e. The Kier molecular flexibility index (Phi) is 45.7. The zero-order valence-corrected chi connectivity index (χ0v) is 41.1. The maximum Gasteiger partial charge on any atom is 0.306 e. The van der Waals surface area contributed by atoms with Crippen LogP contribution in [-0.4, -0.2) is 37.2 Å². The summed E-state index contributed by atoms with van der Waals surface area (Å²) in [6, 6.07) is 0. The highest BCUT2D eigenvalue weighted by atomic mass is 16.6. The van der Waals surface area contributed by atoms with E-state index in [-0.39, 0.29) is 31.1 Å². The topological polar surface area (TPSA) is 78.9 Å². The van der Waals surface area contributed by atoms with Crippen molar-refractivity contribution in [3.8, 4) is 0 Å². The first-order chi connectivity index (χ1) is 29.2. The first-order valence-corrected chi connectivity index (χ1v) is 26.7. The van der Waals surface area contributed by atoms with Gasteiger partial charge in [-0.3, -0.25) is 14.4 Å². The van der Waals surface area contributed by atoms with E-state index >= 15 is 0 Å². The third-order valence-corrected chi connectivity index (χ3v) is 12.2. The fourth-order valence-electron chi connectivity index (χ4n) is 8.17. The molecular weight excluding hydrogens is 745 g/mol. The Hall–Kier alpha value is -1.59. The second-order valence-corrected chi connectivity index (χ2v) is 19.5. The van der Waals surface area contributed by atoms with E-state index in [1.54, 1.807) is 0 Å². The molecule has 6 nitrogen and oxygen atoms in total. The van der Waals surface area contributed by atoms with Gasteiger partial charge in [-0.25, -0.2) is 0 Å². The Labute approximate surface area is 374 Å². The fraction of sp³-hybridized carbons (Fsp3) is 0.944. The molecule has 0 bridgehead atoms. The average Bonchev–Trinajstić information content (AvgIpc) is 3.22. The van der Waals surface area contributed by atoms with Crippen LogP contribution >= 0.6 is 0 Å². The summed E-state index contributed by atoms with van der Waals surface area (Å²) in [6.07, 6.45) is 48.4. The Morgan fingerprint density at radius 1 is 0.317 bits per heavy atom. The minimum absolute atomic E-state index is 0.0643. The second-order valence-electron chi connectivity index (χ2n) is 19.5. The van der Waals surface area contributed by atoms with Crippen LogP contribution < -0.4 is 0 Å². The molecule has 0 aliphatic heterocycles. The van der Waals surface area contributed by atoms with Crippen LogP contribution in [0, 0.1) is 11.8 Å². The molecular formula is C54H104O6. The van der Waals surface area contributed by atoms with Gasteiger partial charge in [0.25, 0.3) is 0 Å². The molecule has 0 N–H and O–H groups in total. The molecule has 6 heteroatoms. The molecule has 356 valence electrons. The number of carbonyl (C=O) groups excluding carboxylic acids is 3. The van der Waals surface area contributed by atoms with Crippen molar-refractivity contribution in [2.75, 3.05) is 13.2 Å². The molecule has 0 unspecified atom stereocenters. The zero-order chi connectivity index (χ0) is 44.0. The lowest BCUT2D eigenvalue weighted by Crippen LogP contribution is -2.30. The van der Waals surface area contributed by atoms with Crippen molar-refractivity contribution >= 4 is 17.9 Å². The number of esters is 3. The van der Waals surface area contributed by atoms with Crippen LogP contribution in [0.1, 0.15) is 298 Å². The van der Waals surface area contributed by atoms with E-state index in [1.807, 2.05) is 0 Å². The minimum Gasteiger partial charge on any atom is -0.462 e. The number of hydrogen-bond donors (Lipinski definition) is 0. The van der Waals surface area contributed by atoms with Crippen LogP contribution in [0.4, 0.5) is 0 Å². The van der Waals surface area contributed by atoms with Gasteiger partial charge in [-0.1, -0.05) is 259 Å². The van der Waals surface area contributed by atoms with Crippen LogP contribution in [0.25, 0.3) is 0 Å². The van der Waals surface area contributed by atoms with E-state index in [9.17, 15) is 14.4 Å². The van der Waals surface area contributed by atoms with Crippen LogP contribution in [0.2, 0.25) is 0 Å². The maximum atomic E-state index is 12.7. The second kappa shape index (κ2) is 46.9. The molecule has 0 radical (unpaired) electrons. The summed E-state index contributed by atoms with van der Waals surface area (Å²) >= 11 is 0. The summed E-state index contributed by atoms with van der Waals surface area (Å²) in [7, 11) is 0. The van der Waals surface area contributed by atoms with Crippen molar-refractivity contribution in [2.24, 2.45) is 11.8 Å². The molecule has 0 heterocycles. The Morgan fingerprint density at radius 2 is 0.550 bits per heavy atom. The van der Waals surface area contributed by atoms with Crippen molar-refractivity contribution in [2.45, 2.75) is 304 Å². The monoisotopic (exact) mass is 849 g/mol. The van der Waals surface area contributed by atoms with Gasteiger partial charge in [0.1, 0.15) is 13.2 Å². The summed E-state index contributed by atoms with van der Waals surface area (Å²) in [5, 5.41) is 0. The SMILES string of the molecule is CCCCCCCC(=O)OC[C@@H](COC(=O)CCCCCCCCCCCCCCCCCC(C)C)OC(=O)CCCCCCCCCCCCCCCCCCC(C)C. The van der Waals surface area contributed by atoms with Crippen LogP contribution in [0.5, 0.6) is 0 Å². The Balaban J connectivity index is 4.08. The lowest BCUT2D eigenvalue weighted by atomic mass is 10.0. The molecule has 1 atom stereocenters. The third kappa shape index (κ3) is 47.5. The summed E-state index contributed by atoms with van der Waals surface area (Å²) in [5.41, 5.74) is 0. The van der Waals surface area contributed by atoms with Gasteiger partial charge in [-0.05, 0) is 31.1 Å². The van der Waals surface area contributed by atoms with E-state index in [0.717, 1.165) is 76.0 Å². The molecule has 0 aromatic carbocycles. The molecule has 0 spiro atoms. The van der Waals surface area contributed by atoms with Gasteiger partial charge in [0.2, 0.25) is 0 Å². The number of rotatable bonds is 48. The molecule has 0 aromatic rings. The highest BCUT2D eigenvalue weighted by Crippen LogP contribution is 2.18. The van der Waals surface area contributed by atoms with Gasteiger partial charge < -0.3 is 14.2 Å². The molecule has 60 heavy (non-hydrogen) atoms. The van der Waals surface area contributed by atoms with Crippen molar-refractivity contribution in [3.63, 3.8) is 0 Å². The summed E-state index contributed by atoms with van der Waals surface area (Å²) in [4.78, 5) is 37.7.